The number of aromatic nitrogens is 1. The third-order valence-corrected chi connectivity index (χ3v) is 5.06. The van der Waals surface area contributed by atoms with Gasteiger partial charge in [-0.2, -0.15) is 0 Å². The van der Waals surface area contributed by atoms with Crippen LogP contribution in [0.25, 0.3) is 22.8 Å². The molecular weight excluding hydrogens is 432 g/mol. The molecule has 0 spiro atoms. The molecule has 0 aliphatic rings. The first-order valence-electron chi connectivity index (χ1n) is 10.6. The van der Waals surface area contributed by atoms with E-state index in [0.29, 0.717) is 28.3 Å². The molecule has 170 valence electrons. The first-order chi connectivity index (χ1) is 16.5. The Labute approximate surface area is 195 Å². The van der Waals surface area contributed by atoms with Gasteiger partial charge < -0.3 is 20.8 Å². The summed E-state index contributed by atoms with van der Waals surface area (Å²) < 4.78 is 5.92. The molecule has 4 aromatic rings. The Hall–Kier alpha value is -4.72. The topological polar surface area (TPSA) is 127 Å². The standard InChI is InChI=1S/C26H22N4O4/c27-23(31)16-29-24(32)19-12-10-17(11-13-19)14-28-25(33)20-8-4-5-9-21(20)26-30-15-22(34-26)18-6-2-1-3-7-18/h1-13,15H,14,16H2,(H2,27,31)(H,28,33)(H,29,32). The molecule has 0 fully saturated rings. The molecule has 3 amide bonds. The molecular formula is C26H22N4O4. The van der Waals surface area contributed by atoms with Gasteiger partial charge in [0.05, 0.1) is 18.3 Å². The highest BCUT2D eigenvalue weighted by Gasteiger charge is 2.17. The Morgan fingerprint density at radius 3 is 2.26 bits per heavy atom. The number of nitrogens with two attached hydrogens (primary N) is 1. The third-order valence-electron chi connectivity index (χ3n) is 5.06. The smallest absolute Gasteiger partial charge is 0.252 e. The molecule has 1 aromatic heterocycles. The average molecular weight is 454 g/mol. The number of carbonyl (C=O) groups is 3. The lowest BCUT2D eigenvalue weighted by Crippen LogP contribution is -2.33. The maximum Gasteiger partial charge on any atom is 0.252 e. The van der Waals surface area contributed by atoms with Gasteiger partial charge in [-0.15, -0.1) is 0 Å². The lowest BCUT2D eigenvalue weighted by Gasteiger charge is -2.09. The highest BCUT2D eigenvalue weighted by Crippen LogP contribution is 2.28. The number of primary amides is 1. The lowest BCUT2D eigenvalue weighted by molar-refractivity contribution is -0.117. The van der Waals surface area contributed by atoms with Crippen molar-refractivity contribution in [2.24, 2.45) is 5.73 Å². The summed E-state index contributed by atoms with van der Waals surface area (Å²) in [5, 5.41) is 5.31. The molecule has 0 atom stereocenters. The van der Waals surface area contributed by atoms with E-state index in [4.69, 9.17) is 10.2 Å². The van der Waals surface area contributed by atoms with Crippen LogP contribution in [0.4, 0.5) is 0 Å². The van der Waals surface area contributed by atoms with Gasteiger partial charge in [-0.25, -0.2) is 4.98 Å². The summed E-state index contributed by atoms with van der Waals surface area (Å²) in [6.45, 7) is 0.0324. The number of hydrogen-bond donors (Lipinski definition) is 3. The van der Waals surface area contributed by atoms with Crippen molar-refractivity contribution in [3.05, 3.63) is 102 Å². The Kier molecular flexibility index (Phi) is 6.78. The summed E-state index contributed by atoms with van der Waals surface area (Å²) in [5.41, 5.74) is 8.15. The normalized spacial score (nSPS) is 10.5. The van der Waals surface area contributed by atoms with Crippen LogP contribution in [-0.2, 0) is 11.3 Å². The first kappa shape index (κ1) is 22.5. The summed E-state index contributed by atoms with van der Waals surface area (Å²) in [4.78, 5) is 40.1. The van der Waals surface area contributed by atoms with Crippen LogP contribution in [0.15, 0.2) is 89.5 Å². The molecule has 34 heavy (non-hydrogen) atoms. The van der Waals surface area contributed by atoms with E-state index < -0.39 is 11.8 Å². The van der Waals surface area contributed by atoms with Crippen molar-refractivity contribution in [1.82, 2.24) is 15.6 Å². The van der Waals surface area contributed by atoms with Crippen molar-refractivity contribution in [1.29, 1.82) is 0 Å². The predicted molar refractivity (Wildman–Crippen MR) is 127 cm³/mol. The van der Waals surface area contributed by atoms with E-state index in [9.17, 15) is 14.4 Å². The van der Waals surface area contributed by atoms with Crippen molar-refractivity contribution in [3.8, 4) is 22.8 Å². The zero-order valence-corrected chi connectivity index (χ0v) is 18.2. The fourth-order valence-electron chi connectivity index (χ4n) is 3.32. The van der Waals surface area contributed by atoms with Crippen molar-refractivity contribution < 1.29 is 18.8 Å². The molecule has 0 saturated carbocycles. The van der Waals surface area contributed by atoms with Gasteiger partial charge in [0.15, 0.2) is 5.76 Å². The van der Waals surface area contributed by atoms with Crippen LogP contribution in [0.1, 0.15) is 26.3 Å². The Morgan fingerprint density at radius 2 is 1.53 bits per heavy atom. The maximum atomic E-state index is 12.9. The second-order valence-corrected chi connectivity index (χ2v) is 7.47. The quantitative estimate of drug-likeness (QED) is 0.377. The SMILES string of the molecule is NC(=O)CNC(=O)c1ccc(CNC(=O)c2ccccc2-c2ncc(-c3ccccc3)o2)cc1. The van der Waals surface area contributed by atoms with Gasteiger partial charge in [-0.3, -0.25) is 14.4 Å². The van der Waals surface area contributed by atoms with Crippen LogP contribution in [0, 0.1) is 0 Å². The highest BCUT2D eigenvalue weighted by atomic mass is 16.4. The number of carbonyl (C=O) groups excluding carboxylic acids is 3. The molecule has 0 saturated heterocycles. The molecule has 3 aromatic carbocycles. The van der Waals surface area contributed by atoms with Crippen molar-refractivity contribution in [2.45, 2.75) is 6.54 Å². The van der Waals surface area contributed by atoms with E-state index in [0.717, 1.165) is 11.1 Å². The van der Waals surface area contributed by atoms with Gasteiger partial charge in [-0.05, 0) is 29.8 Å². The summed E-state index contributed by atoms with van der Waals surface area (Å²) in [7, 11) is 0. The van der Waals surface area contributed by atoms with Gasteiger partial charge in [-0.1, -0.05) is 54.6 Å². The molecule has 4 rings (SSSR count). The number of benzene rings is 3. The minimum absolute atomic E-state index is 0.229. The highest BCUT2D eigenvalue weighted by molar-refractivity contribution is 6.00. The molecule has 0 bridgehead atoms. The fraction of sp³-hybridized carbons (Fsp3) is 0.0769. The minimum Gasteiger partial charge on any atom is -0.436 e. The van der Waals surface area contributed by atoms with E-state index >= 15 is 0 Å². The molecule has 0 radical (unpaired) electrons. The van der Waals surface area contributed by atoms with Crippen LogP contribution in [0.5, 0.6) is 0 Å². The number of nitrogens with one attached hydrogen (secondary N) is 2. The average Bonchev–Trinajstić information content (AvgIpc) is 3.37. The lowest BCUT2D eigenvalue weighted by atomic mass is 10.1. The molecule has 0 aliphatic carbocycles. The largest absolute Gasteiger partial charge is 0.436 e. The Balaban J connectivity index is 1.43. The zero-order chi connectivity index (χ0) is 23.9. The summed E-state index contributed by atoms with van der Waals surface area (Å²) >= 11 is 0. The van der Waals surface area contributed by atoms with Crippen molar-refractivity contribution in [3.63, 3.8) is 0 Å². The molecule has 0 aliphatic heterocycles. The molecule has 8 nitrogen and oxygen atoms in total. The fourth-order valence-corrected chi connectivity index (χ4v) is 3.32. The van der Waals surface area contributed by atoms with Crippen LogP contribution in [0.2, 0.25) is 0 Å². The molecule has 4 N–H and O–H groups in total. The van der Waals surface area contributed by atoms with Crippen LogP contribution in [0.3, 0.4) is 0 Å². The number of amides is 3. The van der Waals surface area contributed by atoms with Crippen molar-refractivity contribution in [2.75, 3.05) is 6.54 Å². The molecule has 8 heteroatoms. The zero-order valence-electron chi connectivity index (χ0n) is 18.2. The summed E-state index contributed by atoms with van der Waals surface area (Å²) in [5.74, 6) is -0.321. The van der Waals surface area contributed by atoms with Gasteiger partial charge in [0.1, 0.15) is 0 Å². The van der Waals surface area contributed by atoms with E-state index in [1.54, 1.807) is 48.7 Å². The van der Waals surface area contributed by atoms with E-state index in [-0.39, 0.29) is 19.0 Å². The Bertz CT molecular complexity index is 1310. The van der Waals surface area contributed by atoms with Gasteiger partial charge in [0.25, 0.3) is 11.8 Å². The first-order valence-corrected chi connectivity index (χ1v) is 10.6. The van der Waals surface area contributed by atoms with E-state index in [2.05, 4.69) is 15.6 Å². The molecule has 1 heterocycles. The number of oxazole rings is 1. The predicted octanol–water partition coefficient (Wildman–Crippen LogP) is 3.15. The van der Waals surface area contributed by atoms with Gasteiger partial charge in [0.2, 0.25) is 11.8 Å². The van der Waals surface area contributed by atoms with Crippen LogP contribution < -0.4 is 16.4 Å². The van der Waals surface area contributed by atoms with Crippen LogP contribution >= 0.6 is 0 Å². The summed E-state index contributed by atoms with van der Waals surface area (Å²) in [6.07, 6.45) is 1.64. The number of rotatable bonds is 8. The second kappa shape index (κ2) is 10.3. The van der Waals surface area contributed by atoms with Crippen LogP contribution in [-0.4, -0.2) is 29.3 Å². The second-order valence-electron chi connectivity index (χ2n) is 7.47. The number of hydrogen-bond acceptors (Lipinski definition) is 5. The molecule has 0 unspecified atom stereocenters. The van der Waals surface area contributed by atoms with E-state index in [1.807, 2.05) is 36.4 Å². The minimum atomic E-state index is -0.617. The third kappa shape index (κ3) is 5.36. The van der Waals surface area contributed by atoms with Gasteiger partial charge in [0, 0.05) is 23.2 Å². The van der Waals surface area contributed by atoms with Gasteiger partial charge >= 0.3 is 0 Å². The Morgan fingerprint density at radius 1 is 0.824 bits per heavy atom. The maximum absolute atomic E-state index is 12.9. The van der Waals surface area contributed by atoms with E-state index in [1.165, 1.54) is 0 Å². The monoisotopic (exact) mass is 454 g/mol. The number of nitrogens with zero attached hydrogens (tertiary/aromatic N) is 1. The summed E-state index contributed by atoms with van der Waals surface area (Å²) in [6, 6.07) is 23.4. The van der Waals surface area contributed by atoms with Crippen molar-refractivity contribution >= 4 is 17.7 Å².